The van der Waals surface area contributed by atoms with Crippen LogP contribution in [0.25, 0.3) is 11.3 Å². The Balaban J connectivity index is 1.65. The van der Waals surface area contributed by atoms with Crippen LogP contribution >= 0.6 is 11.3 Å². The van der Waals surface area contributed by atoms with E-state index in [9.17, 15) is 0 Å². The van der Waals surface area contributed by atoms with Crippen LogP contribution in [0.3, 0.4) is 0 Å². The topological polar surface area (TPSA) is 39.0 Å². The lowest BCUT2D eigenvalue weighted by Gasteiger charge is -2.26. The fourth-order valence-electron chi connectivity index (χ4n) is 3.86. The molecule has 0 unspecified atom stereocenters. The van der Waals surface area contributed by atoms with E-state index in [0.717, 1.165) is 55.6 Å². The molecule has 32 heavy (non-hydrogen) atoms. The summed E-state index contributed by atoms with van der Waals surface area (Å²) in [7, 11) is 0. The fraction of sp³-hybridized carbons (Fsp3) is 0.423. The molecule has 1 fully saturated rings. The first-order valence-corrected chi connectivity index (χ1v) is 12.4. The van der Waals surface area contributed by atoms with Gasteiger partial charge < -0.3 is 14.0 Å². The lowest BCUT2D eigenvalue weighted by Crippen LogP contribution is -2.39. The van der Waals surface area contributed by atoms with E-state index in [4.69, 9.17) is 14.5 Å². The zero-order chi connectivity index (χ0) is 22.3. The maximum Gasteiger partial charge on any atom is 0.190 e. The molecule has 170 valence electrons. The Hall–Kier alpha value is -2.41. The van der Waals surface area contributed by atoms with Crippen molar-refractivity contribution >= 4 is 17.0 Å². The summed E-state index contributed by atoms with van der Waals surface area (Å²) in [6.45, 7) is 12.7. The van der Waals surface area contributed by atoms with Gasteiger partial charge in [0.2, 0.25) is 0 Å². The van der Waals surface area contributed by atoms with E-state index < -0.39 is 0 Å². The zero-order valence-electron chi connectivity index (χ0n) is 19.3. The van der Waals surface area contributed by atoms with Crippen LogP contribution in [0.4, 0.5) is 5.69 Å². The predicted molar refractivity (Wildman–Crippen MR) is 132 cm³/mol. The Bertz CT molecular complexity index is 1050. The summed E-state index contributed by atoms with van der Waals surface area (Å²) in [4.78, 5) is 8.47. The molecular weight excluding hydrogens is 418 g/mol. The number of morpholine rings is 1. The number of hydrogen-bond acceptors (Lipinski definition) is 5. The van der Waals surface area contributed by atoms with Gasteiger partial charge in [0.25, 0.3) is 0 Å². The van der Waals surface area contributed by atoms with Crippen LogP contribution in [0.2, 0.25) is 0 Å². The second-order valence-electron chi connectivity index (χ2n) is 8.32. The van der Waals surface area contributed by atoms with Gasteiger partial charge in [-0.25, -0.2) is 4.99 Å². The van der Waals surface area contributed by atoms with Crippen LogP contribution in [0, 0.1) is 0 Å². The van der Waals surface area contributed by atoms with Gasteiger partial charge in [-0.2, -0.15) is 0 Å². The molecule has 6 heteroatoms. The molecule has 0 atom stereocenters. The molecule has 0 aliphatic carbocycles. The first kappa shape index (κ1) is 22.8. The van der Waals surface area contributed by atoms with E-state index in [1.807, 2.05) is 31.2 Å². The number of rotatable bonds is 8. The summed E-state index contributed by atoms with van der Waals surface area (Å²) in [5, 5.41) is 2.23. The van der Waals surface area contributed by atoms with Gasteiger partial charge in [0.15, 0.2) is 4.80 Å². The Morgan fingerprint density at radius 3 is 2.38 bits per heavy atom. The minimum atomic E-state index is 0.533. The molecule has 0 N–H and O–H groups in total. The molecule has 5 nitrogen and oxygen atoms in total. The van der Waals surface area contributed by atoms with Gasteiger partial charge in [-0.3, -0.25) is 4.90 Å². The highest BCUT2D eigenvalue weighted by Gasteiger charge is 2.13. The van der Waals surface area contributed by atoms with E-state index in [-0.39, 0.29) is 0 Å². The van der Waals surface area contributed by atoms with E-state index in [1.165, 1.54) is 16.8 Å². The first-order chi connectivity index (χ1) is 15.6. The van der Waals surface area contributed by atoms with E-state index in [1.54, 1.807) is 11.3 Å². The zero-order valence-corrected chi connectivity index (χ0v) is 20.1. The third kappa shape index (κ3) is 5.68. The number of hydrogen-bond donors (Lipinski definition) is 0. The van der Waals surface area contributed by atoms with E-state index in [2.05, 4.69) is 53.0 Å². The highest BCUT2D eigenvalue weighted by molar-refractivity contribution is 7.07. The summed E-state index contributed by atoms with van der Waals surface area (Å²) in [5.74, 6) is 1.41. The number of benzene rings is 2. The van der Waals surface area contributed by atoms with Crippen molar-refractivity contribution in [2.24, 2.45) is 4.99 Å². The molecule has 2 aromatic carbocycles. The largest absolute Gasteiger partial charge is 0.494 e. The molecule has 2 heterocycles. The molecule has 0 radical (unpaired) electrons. The molecule has 0 saturated carbocycles. The summed E-state index contributed by atoms with van der Waals surface area (Å²) in [6, 6.07) is 17.0. The SMILES string of the molecule is CCOc1ccc(N=c2scc(-c3ccc(C(C)C)cc3)n2CCN2CCOCC2)cc1. The summed E-state index contributed by atoms with van der Waals surface area (Å²) >= 11 is 1.70. The molecule has 3 aromatic rings. The normalized spacial score (nSPS) is 15.4. The molecule has 1 aliphatic rings. The molecule has 4 rings (SSSR count). The predicted octanol–water partition coefficient (Wildman–Crippen LogP) is 5.30. The lowest BCUT2D eigenvalue weighted by molar-refractivity contribution is 0.0363. The monoisotopic (exact) mass is 451 g/mol. The molecule has 1 aliphatic heterocycles. The van der Waals surface area contributed by atoms with Gasteiger partial charge in [0, 0.05) is 31.6 Å². The van der Waals surface area contributed by atoms with Gasteiger partial charge in [-0.15, -0.1) is 11.3 Å². The molecule has 1 aromatic heterocycles. The van der Waals surface area contributed by atoms with Crippen LogP contribution < -0.4 is 9.54 Å². The van der Waals surface area contributed by atoms with Crippen LogP contribution in [-0.4, -0.2) is 48.9 Å². The third-order valence-corrected chi connectivity index (χ3v) is 6.65. The second kappa shape index (κ2) is 10.9. The summed E-state index contributed by atoms with van der Waals surface area (Å²) in [5.41, 5.74) is 4.77. The van der Waals surface area contributed by atoms with Gasteiger partial charge in [0.1, 0.15) is 5.75 Å². The van der Waals surface area contributed by atoms with Crippen molar-refractivity contribution in [1.29, 1.82) is 0 Å². The minimum Gasteiger partial charge on any atom is -0.494 e. The Morgan fingerprint density at radius 2 is 1.72 bits per heavy atom. The van der Waals surface area contributed by atoms with Crippen molar-refractivity contribution in [1.82, 2.24) is 9.47 Å². The second-order valence-corrected chi connectivity index (χ2v) is 9.16. The van der Waals surface area contributed by atoms with Crippen LogP contribution in [0.5, 0.6) is 5.75 Å². The smallest absolute Gasteiger partial charge is 0.190 e. The highest BCUT2D eigenvalue weighted by Crippen LogP contribution is 2.24. The van der Waals surface area contributed by atoms with Crippen LogP contribution in [0.15, 0.2) is 58.9 Å². The Morgan fingerprint density at radius 1 is 1.00 bits per heavy atom. The van der Waals surface area contributed by atoms with E-state index in [0.29, 0.717) is 12.5 Å². The third-order valence-electron chi connectivity index (χ3n) is 5.79. The van der Waals surface area contributed by atoms with Crippen molar-refractivity contribution in [3.05, 3.63) is 64.3 Å². The highest BCUT2D eigenvalue weighted by atomic mass is 32.1. The number of thiazole rings is 1. The standard InChI is InChI=1S/C26H33N3O2S/c1-4-31-24-11-9-23(10-12-24)27-26-29(14-13-28-15-17-30-18-16-28)25(19-32-26)22-7-5-21(6-8-22)20(2)3/h5-12,19-20H,4,13-18H2,1-3H3. The molecule has 0 amide bonds. The minimum absolute atomic E-state index is 0.533. The fourth-order valence-corrected chi connectivity index (χ4v) is 4.82. The molecule has 0 bridgehead atoms. The molecule has 0 spiro atoms. The van der Waals surface area contributed by atoms with Crippen molar-refractivity contribution < 1.29 is 9.47 Å². The number of nitrogens with zero attached hydrogens (tertiary/aromatic N) is 3. The number of aromatic nitrogens is 1. The summed E-state index contributed by atoms with van der Waals surface area (Å²) < 4.78 is 13.4. The summed E-state index contributed by atoms with van der Waals surface area (Å²) in [6.07, 6.45) is 0. The van der Waals surface area contributed by atoms with Gasteiger partial charge in [0.05, 0.1) is 31.2 Å². The van der Waals surface area contributed by atoms with Crippen molar-refractivity contribution in [2.45, 2.75) is 33.2 Å². The van der Waals surface area contributed by atoms with Crippen molar-refractivity contribution in [3.63, 3.8) is 0 Å². The van der Waals surface area contributed by atoms with E-state index >= 15 is 0 Å². The maximum absolute atomic E-state index is 5.57. The van der Waals surface area contributed by atoms with Gasteiger partial charge in [-0.05, 0) is 48.2 Å². The molecular formula is C26H33N3O2S. The van der Waals surface area contributed by atoms with Crippen molar-refractivity contribution in [3.8, 4) is 17.0 Å². The number of ether oxygens (including phenoxy) is 2. The Labute approximate surface area is 195 Å². The molecule has 1 saturated heterocycles. The lowest BCUT2D eigenvalue weighted by atomic mass is 10.0. The van der Waals surface area contributed by atoms with Gasteiger partial charge in [-0.1, -0.05) is 38.1 Å². The van der Waals surface area contributed by atoms with Gasteiger partial charge >= 0.3 is 0 Å². The quantitative estimate of drug-likeness (QED) is 0.466. The average molecular weight is 452 g/mol. The maximum atomic E-state index is 5.57. The average Bonchev–Trinajstić information content (AvgIpc) is 3.22. The van der Waals surface area contributed by atoms with Crippen LogP contribution in [0.1, 0.15) is 32.3 Å². The first-order valence-electron chi connectivity index (χ1n) is 11.5. The van der Waals surface area contributed by atoms with Crippen LogP contribution in [-0.2, 0) is 11.3 Å². The van der Waals surface area contributed by atoms with Crippen molar-refractivity contribution in [2.75, 3.05) is 39.5 Å². The Kier molecular flexibility index (Phi) is 7.79.